The van der Waals surface area contributed by atoms with Gasteiger partial charge in [0.25, 0.3) is 0 Å². The summed E-state index contributed by atoms with van der Waals surface area (Å²) in [6, 6.07) is 12.9. The number of hydrogen-bond donors (Lipinski definition) is 0. The minimum atomic E-state index is -4.90. The third-order valence-electron chi connectivity index (χ3n) is 8.92. The van der Waals surface area contributed by atoms with Crippen LogP contribution in [-0.4, -0.2) is 0 Å². The lowest BCUT2D eigenvalue weighted by Gasteiger charge is -2.29. The van der Waals surface area contributed by atoms with E-state index in [4.69, 9.17) is 4.74 Å². The molecule has 10 heteroatoms. The standard InChI is InChI=1S/C37H33F9O/c1-2-3-4-5-22-6-8-24(9-7-22)29-17-19-31(35(41)34(29)40)37(45,46)47-27-14-10-23(11-15-27)25-12-16-28(32(38)20-25)26-13-18-30(33(39)21-26)36(42,43)44/h10-22,24H,2-9H2,1H3. The van der Waals surface area contributed by atoms with Crippen molar-refractivity contribution in [3.05, 3.63) is 113 Å². The van der Waals surface area contributed by atoms with E-state index in [9.17, 15) is 22.0 Å². The van der Waals surface area contributed by atoms with Gasteiger partial charge in [0.15, 0.2) is 11.6 Å². The van der Waals surface area contributed by atoms with E-state index in [1.54, 1.807) is 0 Å². The van der Waals surface area contributed by atoms with Crippen molar-refractivity contribution in [1.29, 1.82) is 0 Å². The second-order valence-electron chi connectivity index (χ2n) is 12.1. The van der Waals surface area contributed by atoms with Crippen molar-refractivity contribution in [2.75, 3.05) is 0 Å². The average Bonchev–Trinajstić information content (AvgIpc) is 3.02. The Hall–Kier alpha value is -3.95. The maximum Gasteiger partial charge on any atom is 0.429 e. The number of benzene rings is 4. The first kappa shape index (κ1) is 34.4. The average molecular weight is 665 g/mol. The molecule has 0 N–H and O–H groups in total. The highest BCUT2D eigenvalue weighted by Crippen LogP contribution is 2.42. The summed E-state index contributed by atoms with van der Waals surface area (Å²) >= 11 is 0. The predicted octanol–water partition coefficient (Wildman–Crippen LogP) is 12.6. The summed E-state index contributed by atoms with van der Waals surface area (Å²) in [5.41, 5.74) is -2.19. The minimum absolute atomic E-state index is 0.0973. The van der Waals surface area contributed by atoms with Gasteiger partial charge in [0, 0.05) is 5.56 Å². The van der Waals surface area contributed by atoms with Gasteiger partial charge in [-0.15, -0.1) is 0 Å². The van der Waals surface area contributed by atoms with Crippen LogP contribution in [0.5, 0.6) is 5.75 Å². The topological polar surface area (TPSA) is 9.23 Å². The van der Waals surface area contributed by atoms with Crippen LogP contribution in [0.2, 0.25) is 0 Å². The third-order valence-corrected chi connectivity index (χ3v) is 8.92. The first-order valence-corrected chi connectivity index (χ1v) is 15.6. The van der Waals surface area contributed by atoms with E-state index in [2.05, 4.69) is 6.92 Å². The Morgan fingerprint density at radius 2 is 1.26 bits per heavy atom. The predicted molar refractivity (Wildman–Crippen MR) is 162 cm³/mol. The van der Waals surface area contributed by atoms with Crippen LogP contribution in [0.25, 0.3) is 22.3 Å². The molecule has 0 amide bonds. The van der Waals surface area contributed by atoms with E-state index in [1.165, 1.54) is 30.3 Å². The molecular weight excluding hydrogens is 631 g/mol. The van der Waals surface area contributed by atoms with E-state index in [1.807, 2.05) is 0 Å². The zero-order valence-electron chi connectivity index (χ0n) is 25.5. The molecule has 4 aromatic carbocycles. The Morgan fingerprint density at radius 1 is 0.638 bits per heavy atom. The molecule has 4 aromatic rings. The van der Waals surface area contributed by atoms with Crippen LogP contribution in [0.3, 0.4) is 0 Å². The van der Waals surface area contributed by atoms with Crippen LogP contribution >= 0.6 is 0 Å². The molecule has 1 saturated carbocycles. The lowest BCUT2D eigenvalue weighted by atomic mass is 9.76. The van der Waals surface area contributed by atoms with Gasteiger partial charge < -0.3 is 4.74 Å². The minimum Gasteiger partial charge on any atom is -0.429 e. The zero-order valence-corrected chi connectivity index (χ0v) is 25.5. The number of unbranched alkanes of at least 4 members (excludes halogenated alkanes) is 2. The normalized spacial score (nSPS) is 17.1. The van der Waals surface area contributed by atoms with Crippen molar-refractivity contribution >= 4 is 0 Å². The first-order chi connectivity index (χ1) is 22.3. The van der Waals surface area contributed by atoms with Crippen molar-refractivity contribution in [2.24, 2.45) is 5.92 Å². The number of ether oxygens (including phenoxy) is 1. The van der Waals surface area contributed by atoms with Crippen molar-refractivity contribution in [3.8, 4) is 28.0 Å². The van der Waals surface area contributed by atoms with Crippen molar-refractivity contribution in [1.82, 2.24) is 0 Å². The Balaban J connectivity index is 1.26. The summed E-state index contributed by atoms with van der Waals surface area (Å²) in [5.74, 6) is -5.39. The van der Waals surface area contributed by atoms with Gasteiger partial charge in [0.2, 0.25) is 0 Å². The molecule has 1 nitrogen and oxygen atoms in total. The van der Waals surface area contributed by atoms with Crippen LogP contribution in [0, 0.1) is 29.2 Å². The Morgan fingerprint density at radius 3 is 1.87 bits per heavy atom. The maximum atomic E-state index is 15.1. The SMILES string of the molecule is CCCCCC1CCC(c2ccc(C(F)(F)Oc3ccc(-c4ccc(-c5ccc(C(F)(F)F)c(F)c5)c(F)c4)cc3)c(F)c2F)CC1. The summed E-state index contributed by atoms with van der Waals surface area (Å²) in [5, 5.41) is 0. The van der Waals surface area contributed by atoms with E-state index >= 15 is 17.6 Å². The lowest BCUT2D eigenvalue weighted by molar-refractivity contribution is -0.187. The second kappa shape index (κ2) is 14.0. The number of rotatable bonds is 10. The Bertz CT molecular complexity index is 1690. The largest absolute Gasteiger partial charge is 0.429 e. The summed E-state index contributed by atoms with van der Waals surface area (Å²) in [7, 11) is 0. The fourth-order valence-electron chi connectivity index (χ4n) is 6.31. The molecule has 0 aromatic heterocycles. The molecule has 0 aliphatic heterocycles. The highest BCUT2D eigenvalue weighted by atomic mass is 19.4. The second-order valence-corrected chi connectivity index (χ2v) is 12.1. The van der Waals surface area contributed by atoms with Gasteiger partial charge in [-0.1, -0.05) is 69.0 Å². The van der Waals surface area contributed by atoms with Crippen molar-refractivity contribution in [2.45, 2.75) is 76.5 Å². The fraction of sp³-hybridized carbons (Fsp3) is 0.351. The van der Waals surface area contributed by atoms with E-state index in [-0.39, 0.29) is 33.9 Å². The quantitative estimate of drug-likeness (QED) is 0.121. The van der Waals surface area contributed by atoms with Crippen LogP contribution in [0.15, 0.2) is 72.8 Å². The molecule has 0 spiro atoms. The van der Waals surface area contributed by atoms with Gasteiger partial charge in [-0.25, -0.2) is 17.6 Å². The van der Waals surface area contributed by atoms with Crippen LogP contribution in [0.1, 0.15) is 80.9 Å². The molecule has 0 saturated heterocycles. The summed E-state index contributed by atoms with van der Waals surface area (Å²) < 4.78 is 133. The number of alkyl halides is 5. The summed E-state index contributed by atoms with van der Waals surface area (Å²) in [6.07, 6.45) is -1.42. The van der Waals surface area contributed by atoms with Gasteiger partial charge in [-0.3, -0.25) is 0 Å². The van der Waals surface area contributed by atoms with E-state index in [0.29, 0.717) is 36.5 Å². The van der Waals surface area contributed by atoms with E-state index < -0.39 is 46.7 Å². The van der Waals surface area contributed by atoms with Gasteiger partial charge >= 0.3 is 12.3 Å². The van der Waals surface area contributed by atoms with Gasteiger partial charge in [0.05, 0.1) is 5.56 Å². The summed E-state index contributed by atoms with van der Waals surface area (Å²) in [6.45, 7) is 2.14. The molecule has 0 unspecified atom stereocenters. The van der Waals surface area contributed by atoms with Gasteiger partial charge in [-0.2, -0.15) is 22.0 Å². The highest BCUT2D eigenvalue weighted by molar-refractivity contribution is 5.71. The fourth-order valence-corrected chi connectivity index (χ4v) is 6.31. The molecule has 1 aliphatic carbocycles. The molecule has 0 atom stereocenters. The molecule has 1 aliphatic rings. The Kier molecular flexibility index (Phi) is 10.3. The first-order valence-electron chi connectivity index (χ1n) is 15.6. The molecular formula is C37H33F9O. The molecule has 0 bridgehead atoms. The monoisotopic (exact) mass is 664 g/mol. The van der Waals surface area contributed by atoms with Crippen LogP contribution < -0.4 is 4.74 Å². The van der Waals surface area contributed by atoms with E-state index in [0.717, 1.165) is 68.9 Å². The molecule has 250 valence electrons. The highest BCUT2D eigenvalue weighted by Gasteiger charge is 2.40. The van der Waals surface area contributed by atoms with Crippen molar-refractivity contribution in [3.63, 3.8) is 0 Å². The maximum absolute atomic E-state index is 15.1. The molecule has 5 rings (SSSR count). The van der Waals surface area contributed by atoms with Crippen LogP contribution in [0.4, 0.5) is 39.5 Å². The van der Waals surface area contributed by atoms with Gasteiger partial charge in [-0.05, 0) is 96.2 Å². The lowest BCUT2D eigenvalue weighted by Crippen LogP contribution is -2.25. The smallest absolute Gasteiger partial charge is 0.429 e. The third kappa shape index (κ3) is 7.79. The molecule has 0 radical (unpaired) electrons. The zero-order chi connectivity index (χ0) is 33.9. The molecule has 47 heavy (non-hydrogen) atoms. The number of halogens is 9. The molecule has 1 fully saturated rings. The summed E-state index contributed by atoms with van der Waals surface area (Å²) in [4.78, 5) is 0. The molecule has 0 heterocycles. The number of hydrogen-bond acceptors (Lipinski definition) is 1. The Labute approximate surface area is 267 Å². The van der Waals surface area contributed by atoms with Crippen molar-refractivity contribution < 1.29 is 44.3 Å². The van der Waals surface area contributed by atoms with Gasteiger partial charge in [0.1, 0.15) is 22.9 Å². The van der Waals surface area contributed by atoms with Crippen LogP contribution in [-0.2, 0) is 12.3 Å².